The van der Waals surface area contributed by atoms with Gasteiger partial charge in [-0.3, -0.25) is 4.79 Å². The lowest BCUT2D eigenvalue weighted by atomic mass is 9.96. The van der Waals surface area contributed by atoms with Crippen molar-refractivity contribution in [3.05, 3.63) is 29.3 Å². The van der Waals surface area contributed by atoms with Gasteiger partial charge in [-0.15, -0.1) is 0 Å². The van der Waals surface area contributed by atoms with E-state index in [4.69, 9.17) is 9.84 Å². The molecule has 15 heavy (non-hydrogen) atoms. The fourth-order valence-corrected chi connectivity index (χ4v) is 1.79. The summed E-state index contributed by atoms with van der Waals surface area (Å²) in [5.74, 6) is -0.327. The molecule has 1 atom stereocenters. The molecule has 3 nitrogen and oxygen atoms in total. The molecule has 1 aliphatic rings. The molecule has 1 aromatic rings. The van der Waals surface area contributed by atoms with Crippen LogP contribution in [0, 0.1) is 0 Å². The first-order valence-corrected chi connectivity index (χ1v) is 5.17. The number of rotatable bonds is 2. The van der Waals surface area contributed by atoms with Gasteiger partial charge in [-0.05, 0) is 37.0 Å². The van der Waals surface area contributed by atoms with Crippen LogP contribution in [0.25, 0.3) is 0 Å². The van der Waals surface area contributed by atoms with Crippen molar-refractivity contribution >= 4 is 5.97 Å². The highest BCUT2D eigenvalue weighted by Crippen LogP contribution is 2.28. The quantitative estimate of drug-likeness (QED) is 0.806. The molecule has 1 heterocycles. The van der Waals surface area contributed by atoms with E-state index in [2.05, 4.69) is 0 Å². The first-order valence-electron chi connectivity index (χ1n) is 5.17. The number of carbonyl (C=O) groups is 1. The van der Waals surface area contributed by atoms with Crippen molar-refractivity contribution in [3.63, 3.8) is 0 Å². The summed E-state index contributed by atoms with van der Waals surface area (Å²) in [5, 5.41) is 8.91. The first kappa shape index (κ1) is 10.0. The van der Waals surface area contributed by atoms with Crippen LogP contribution in [0.5, 0.6) is 5.75 Å². The smallest absolute Gasteiger partial charge is 0.310 e. The number of benzene rings is 1. The van der Waals surface area contributed by atoms with Crippen LogP contribution in [0.2, 0.25) is 0 Å². The van der Waals surface area contributed by atoms with Crippen LogP contribution in [-0.4, -0.2) is 17.7 Å². The molecular weight excluding hydrogens is 192 g/mol. The summed E-state index contributed by atoms with van der Waals surface area (Å²) >= 11 is 0. The molecule has 0 unspecified atom stereocenters. The maximum atomic E-state index is 10.8. The topological polar surface area (TPSA) is 46.5 Å². The molecule has 0 aliphatic carbocycles. The van der Waals surface area contributed by atoms with E-state index < -0.39 is 11.9 Å². The van der Waals surface area contributed by atoms with Gasteiger partial charge in [0.05, 0.1) is 12.5 Å². The predicted molar refractivity (Wildman–Crippen MR) is 56.3 cm³/mol. The van der Waals surface area contributed by atoms with E-state index in [1.165, 1.54) is 0 Å². The Morgan fingerprint density at radius 3 is 3.07 bits per heavy atom. The van der Waals surface area contributed by atoms with Crippen molar-refractivity contribution in [2.75, 3.05) is 6.61 Å². The number of carboxylic acids is 1. The lowest BCUT2D eigenvalue weighted by molar-refractivity contribution is -0.138. The van der Waals surface area contributed by atoms with Crippen molar-refractivity contribution < 1.29 is 14.6 Å². The summed E-state index contributed by atoms with van der Waals surface area (Å²) in [5.41, 5.74) is 1.98. The van der Waals surface area contributed by atoms with Gasteiger partial charge in [0.15, 0.2) is 0 Å². The van der Waals surface area contributed by atoms with E-state index in [1.807, 2.05) is 18.2 Å². The van der Waals surface area contributed by atoms with Crippen LogP contribution in [0.4, 0.5) is 0 Å². The zero-order valence-electron chi connectivity index (χ0n) is 8.69. The van der Waals surface area contributed by atoms with Crippen molar-refractivity contribution in [2.45, 2.75) is 25.7 Å². The summed E-state index contributed by atoms with van der Waals surface area (Å²) in [6, 6.07) is 5.67. The Morgan fingerprint density at radius 2 is 2.33 bits per heavy atom. The molecule has 80 valence electrons. The molecule has 0 saturated heterocycles. The molecule has 0 bridgehead atoms. The summed E-state index contributed by atoms with van der Waals surface area (Å²) in [4.78, 5) is 10.8. The van der Waals surface area contributed by atoms with Gasteiger partial charge in [0.1, 0.15) is 5.75 Å². The van der Waals surface area contributed by atoms with Gasteiger partial charge in [-0.25, -0.2) is 0 Å². The number of hydrogen-bond acceptors (Lipinski definition) is 2. The zero-order chi connectivity index (χ0) is 10.8. The molecule has 0 radical (unpaired) electrons. The second-order valence-corrected chi connectivity index (χ2v) is 3.88. The molecule has 3 heteroatoms. The van der Waals surface area contributed by atoms with E-state index in [0.29, 0.717) is 0 Å². The van der Waals surface area contributed by atoms with E-state index in [-0.39, 0.29) is 0 Å². The third-order valence-corrected chi connectivity index (χ3v) is 2.80. The second kappa shape index (κ2) is 3.93. The summed E-state index contributed by atoms with van der Waals surface area (Å²) < 4.78 is 5.47. The van der Waals surface area contributed by atoms with Crippen molar-refractivity contribution in [2.24, 2.45) is 0 Å². The Labute approximate surface area is 88.7 Å². The van der Waals surface area contributed by atoms with Crippen molar-refractivity contribution in [1.29, 1.82) is 0 Å². The Bertz CT molecular complexity index is 384. The van der Waals surface area contributed by atoms with Gasteiger partial charge in [-0.1, -0.05) is 12.1 Å². The molecule has 0 aromatic heterocycles. The minimum atomic E-state index is -0.785. The van der Waals surface area contributed by atoms with Crippen LogP contribution in [0.1, 0.15) is 30.4 Å². The average Bonchev–Trinajstić information content (AvgIpc) is 2.27. The fraction of sp³-hybridized carbons (Fsp3) is 0.417. The van der Waals surface area contributed by atoms with Gasteiger partial charge in [0, 0.05) is 0 Å². The normalized spacial score (nSPS) is 16.3. The maximum Gasteiger partial charge on any atom is 0.310 e. The Kier molecular flexibility index (Phi) is 2.62. The number of fused-ring (bicyclic) bond motifs is 1. The minimum absolute atomic E-state index is 0.447. The van der Waals surface area contributed by atoms with Crippen LogP contribution in [0.3, 0.4) is 0 Å². The van der Waals surface area contributed by atoms with Crippen LogP contribution in [-0.2, 0) is 11.2 Å². The standard InChI is InChI=1S/C12H14O3/c1-8(12(13)14)9-4-5-11-10(7-9)3-2-6-15-11/h4-5,7-8H,2-3,6H2,1H3,(H,13,14)/t8-/m1/s1. The maximum absolute atomic E-state index is 10.8. The third-order valence-electron chi connectivity index (χ3n) is 2.80. The zero-order valence-corrected chi connectivity index (χ0v) is 8.69. The van der Waals surface area contributed by atoms with Crippen LogP contribution < -0.4 is 4.74 Å². The minimum Gasteiger partial charge on any atom is -0.493 e. The summed E-state index contributed by atoms with van der Waals surface area (Å²) in [6.45, 7) is 2.47. The Balaban J connectivity index is 2.31. The molecule has 0 saturated carbocycles. The monoisotopic (exact) mass is 206 g/mol. The van der Waals surface area contributed by atoms with Gasteiger partial charge in [-0.2, -0.15) is 0 Å². The van der Waals surface area contributed by atoms with Gasteiger partial charge in [0.2, 0.25) is 0 Å². The van der Waals surface area contributed by atoms with Crippen LogP contribution in [0.15, 0.2) is 18.2 Å². The SMILES string of the molecule is C[C@@H](C(=O)O)c1ccc2c(c1)CCCO2. The summed E-state index contributed by atoms with van der Waals surface area (Å²) in [6.07, 6.45) is 1.99. The fourth-order valence-electron chi connectivity index (χ4n) is 1.79. The first-order chi connectivity index (χ1) is 7.18. The Hall–Kier alpha value is -1.51. The van der Waals surface area contributed by atoms with Crippen molar-refractivity contribution in [1.82, 2.24) is 0 Å². The molecule has 0 amide bonds. The summed E-state index contributed by atoms with van der Waals surface area (Å²) in [7, 11) is 0. The largest absolute Gasteiger partial charge is 0.493 e. The molecule has 0 fully saturated rings. The van der Waals surface area contributed by atoms with Gasteiger partial charge in [0.25, 0.3) is 0 Å². The number of aryl methyl sites for hydroxylation is 1. The van der Waals surface area contributed by atoms with Gasteiger partial charge >= 0.3 is 5.97 Å². The highest BCUT2D eigenvalue weighted by molar-refractivity contribution is 5.75. The highest BCUT2D eigenvalue weighted by Gasteiger charge is 2.17. The number of aliphatic carboxylic acids is 1. The molecule has 1 aliphatic heterocycles. The van der Waals surface area contributed by atoms with Crippen molar-refractivity contribution in [3.8, 4) is 5.75 Å². The van der Waals surface area contributed by atoms with Crippen LogP contribution >= 0.6 is 0 Å². The lowest BCUT2D eigenvalue weighted by Crippen LogP contribution is -2.11. The highest BCUT2D eigenvalue weighted by atomic mass is 16.5. The predicted octanol–water partition coefficient (Wildman–Crippen LogP) is 2.20. The van der Waals surface area contributed by atoms with E-state index in [1.54, 1.807) is 6.92 Å². The average molecular weight is 206 g/mol. The Morgan fingerprint density at radius 1 is 1.53 bits per heavy atom. The van der Waals surface area contributed by atoms with Gasteiger partial charge < -0.3 is 9.84 Å². The molecule has 2 rings (SSSR count). The number of hydrogen-bond donors (Lipinski definition) is 1. The molecule has 0 spiro atoms. The third kappa shape index (κ3) is 1.96. The molecular formula is C12H14O3. The van der Waals surface area contributed by atoms with E-state index in [0.717, 1.165) is 36.3 Å². The lowest BCUT2D eigenvalue weighted by Gasteiger charge is -2.18. The molecule has 1 N–H and O–H groups in total. The molecule has 1 aromatic carbocycles. The number of carboxylic acid groups (broad SMARTS) is 1. The van der Waals surface area contributed by atoms with E-state index in [9.17, 15) is 4.79 Å². The van der Waals surface area contributed by atoms with E-state index >= 15 is 0 Å². The number of ether oxygens (including phenoxy) is 1. The second-order valence-electron chi connectivity index (χ2n) is 3.88.